The van der Waals surface area contributed by atoms with Crippen LogP contribution in [-0.2, 0) is 14.3 Å². The summed E-state index contributed by atoms with van der Waals surface area (Å²) in [5.41, 5.74) is 5.71. The van der Waals surface area contributed by atoms with Gasteiger partial charge in [0.05, 0.1) is 0 Å². The monoisotopic (exact) mass is 442 g/mol. The molecular formula is C18H18O3Se2. The Morgan fingerprint density at radius 2 is 1.09 bits per heavy atom. The van der Waals surface area contributed by atoms with Crippen LogP contribution in [0.3, 0.4) is 0 Å². The van der Waals surface area contributed by atoms with Gasteiger partial charge >= 0.3 is 149 Å². The second-order valence-corrected chi connectivity index (χ2v) is 13.7. The first kappa shape index (κ1) is 15.7. The van der Waals surface area contributed by atoms with E-state index in [0.29, 0.717) is 11.1 Å². The van der Waals surface area contributed by atoms with Crippen LogP contribution in [-0.4, -0.2) is 41.9 Å². The van der Waals surface area contributed by atoms with Crippen LogP contribution in [0.2, 0.25) is 8.63 Å². The molecular weight excluding hydrogens is 422 g/mol. The molecule has 1 fully saturated rings. The van der Waals surface area contributed by atoms with Gasteiger partial charge in [-0.15, -0.1) is 0 Å². The molecule has 0 N–H and O–H groups in total. The fraction of sp³-hybridized carbons (Fsp3) is 0.444. The zero-order chi connectivity index (χ0) is 16.9. The van der Waals surface area contributed by atoms with Gasteiger partial charge in [-0.2, -0.15) is 0 Å². The van der Waals surface area contributed by atoms with Crippen molar-refractivity contribution in [2.24, 2.45) is 0 Å². The van der Waals surface area contributed by atoms with Crippen molar-refractivity contribution in [2.75, 3.05) is 0 Å². The van der Waals surface area contributed by atoms with E-state index in [9.17, 15) is 9.59 Å². The molecule has 2 atom stereocenters. The van der Waals surface area contributed by atoms with Crippen LogP contribution in [0.5, 0.6) is 0 Å². The molecule has 0 radical (unpaired) electrons. The summed E-state index contributed by atoms with van der Waals surface area (Å²) in [7, 11) is 0. The molecule has 4 aliphatic rings. The Balaban J connectivity index is 2.18. The molecule has 0 spiro atoms. The molecule has 0 bridgehead atoms. The maximum atomic E-state index is 12.5. The first-order valence-electron chi connectivity index (χ1n) is 7.63. The summed E-state index contributed by atoms with van der Waals surface area (Å²) in [6.45, 7) is 13.1. The van der Waals surface area contributed by atoms with E-state index < -0.39 is 11.9 Å². The average molecular weight is 440 g/mol. The van der Waals surface area contributed by atoms with Gasteiger partial charge in [-0.3, -0.25) is 0 Å². The predicted molar refractivity (Wildman–Crippen MR) is 90.1 cm³/mol. The summed E-state index contributed by atoms with van der Waals surface area (Å²) in [6.07, 6.45) is 0. The van der Waals surface area contributed by atoms with Crippen molar-refractivity contribution in [1.82, 2.24) is 0 Å². The number of allylic oxidation sites excluding steroid dienone is 6. The molecule has 4 rings (SSSR count). The minimum absolute atomic E-state index is 0.0645. The predicted octanol–water partition coefficient (Wildman–Crippen LogP) is 3.06. The summed E-state index contributed by atoms with van der Waals surface area (Å²) in [6, 6.07) is 0. The van der Waals surface area contributed by atoms with Gasteiger partial charge < -0.3 is 0 Å². The molecule has 3 heterocycles. The van der Waals surface area contributed by atoms with Crippen LogP contribution in [0.15, 0.2) is 42.4 Å². The average Bonchev–Trinajstić information content (AvgIpc) is 2.95. The molecule has 23 heavy (non-hydrogen) atoms. The van der Waals surface area contributed by atoms with Crippen LogP contribution >= 0.6 is 0 Å². The van der Waals surface area contributed by atoms with Gasteiger partial charge in [-0.05, 0) is 0 Å². The number of rotatable bonds is 0. The van der Waals surface area contributed by atoms with E-state index in [1.807, 2.05) is 0 Å². The van der Waals surface area contributed by atoms with Gasteiger partial charge in [0, 0.05) is 0 Å². The molecule has 0 unspecified atom stereocenters. The number of carbonyl (C=O) groups excluding carboxylic acids is 2. The molecule has 1 saturated heterocycles. The van der Waals surface area contributed by atoms with Gasteiger partial charge in [-0.25, -0.2) is 0 Å². The van der Waals surface area contributed by atoms with Gasteiger partial charge in [0.25, 0.3) is 0 Å². The number of ether oxygens (including phenoxy) is 1. The van der Waals surface area contributed by atoms with E-state index in [0.717, 1.165) is 11.1 Å². The second-order valence-electron chi connectivity index (χ2n) is 6.81. The number of fused-ring (bicyclic) bond motifs is 4. The molecule has 0 aromatic carbocycles. The summed E-state index contributed by atoms with van der Waals surface area (Å²) in [5, 5.41) is 0. The zero-order valence-corrected chi connectivity index (χ0v) is 17.5. The topological polar surface area (TPSA) is 43.4 Å². The van der Waals surface area contributed by atoms with Crippen molar-refractivity contribution in [3.63, 3.8) is 0 Å². The van der Waals surface area contributed by atoms with E-state index in [4.69, 9.17) is 4.74 Å². The SMILES string of the molecule is CC1=C(C)C2=C3C(=O)OC(=O)C3=C3C(C)=C(C)[Se][C@@]3(C)[C@]2(C)[Se]1. The fourth-order valence-corrected chi connectivity index (χ4v) is 11.6. The third-order valence-corrected chi connectivity index (χ3v) is 13.2. The van der Waals surface area contributed by atoms with Crippen molar-refractivity contribution in [2.45, 2.75) is 50.2 Å². The summed E-state index contributed by atoms with van der Waals surface area (Å²) >= 11 is 0.563. The molecule has 1 aliphatic carbocycles. The van der Waals surface area contributed by atoms with Crippen molar-refractivity contribution in [1.29, 1.82) is 0 Å². The summed E-state index contributed by atoms with van der Waals surface area (Å²) in [5.74, 6) is -0.897. The number of carbonyl (C=O) groups is 2. The molecule has 0 aromatic rings. The van der Waals surface area contributed by atoms with Crippen molar-refractivity contribution in [3.8, 4) is 0 Å². The maximum absolute atomic E-state index is 12.5. The van der Waals surface area contributed by atoms with Crippen molar-refractivity contribution < 1.29 is 14.3 Å². The van der Waals surface area contributed by atoms with E-state index >= 15 is 0 Å². The first-order chi connectivity index (χ1) is 10.6. The first-order valence-corrected chi connectivity index (χ1v) is 11.1. The normalized spacial score (nSPS) is 36.1. The number of hydrogen-bond acceptors (Lipinski definition) is 3. The zero-order valence-electron chi connectivity index (χ0n) is 14.0. The van der Waals surface area contributed by atoms with Crippen LogP contribution in [0.25, 0.3) is 0 Å². The molecule has 120 valence electrons. The summed E-state index contributed by atoms with van der Waals surface area (Å²) in [4.78, 5) is 25.0. The van der Waals surface area contributed by atoms with Crippen molar-refractivity contribution >= 4 is 41.9 Å². The Morgan fingerprint density at radius 1 is 0.739 bits per heavy atom. The molecule has 3 aliphatic heterocycles. The van der Waals surface area contributed by atoms with Crippen molar-refractivity contribution in [3.05, 3.63) is 42.4 Å². The number of hydrogen-bond donors (Lipinski definition) is 0. The van der Waals surface area contributed by atoms with E-state index in [2.05, 4.69) is 41.5 Å². The van der Waals surface area contributed by atoms with E-state index in [1.54, 1.807) is 0 Å². The molecule has 0 amide bonds. The third-order valence-electron chi connectivity index (χ3n) is 5.73. The molecule has 3 nitrogen and oxygen atoms in total. The van der Waals surface area contributed by atoms with Crippen LogP contribution in [0, 0.1) is 0 Å². The van der Waals surface area contributed by atoms with E-state index in [-0.39, 0.29) is 38.5 Å². The Labute approximate surface area is 148 Å². The minimum atomic E-state index is -0.449. The van der Waals surface area contributed by atoms with Gasteiger partial charge in [-0.1, -0.05) is 0 Å². The van der Waals surface area contributed by atoms with Crippen LogP contribution < -0.4 is 0 Å². The van der Waals surface area contributed by atoms with Gasteiger partial charge in [0.2, 0.25) is 0 Å². The molecule has 5 heteroatoms. The Hall–Kier alpha value is -0.861. The Bertz CT molecular complexity index is 785. The van der Waals surface area contributed by atoms with Gasteiger partial charge in [0.15, 0.2) is 0 Å². The van der Waals surface area contributed by atoms with E-state index in [1.165, 1.54) is 20.1 Å². The number of esters is 2. The Kier molecular flexibility index (Phi) is 3.00. The quantitative estimate of drug-likeness (QED) is 0.331. The number of cyclic esters (lactones) is 2. The standard InChI is InChI=1S/C18H18O3Se2/c1-7-9(3)22-17(5)13(7)11-12(16(20)21-15(11)19)14-8(2)10(4)23-18(14,17)6/h1-6H3/t17-,18-/m1/s1. The van der Waals surface area contributed by atoms with Crippen LogP contribution in [0.4, 0.5) is 0 Å². The second kappa shape index (κ2) is 4.40. The van der Waals surface area contributed by atoms with Gasteiger partial charge in [0.1, 0.15) is 0 Å². The molecule has 0 saturated carbocycles. The third kappa shape index (κ3) is 1.57. The van der Waals surface area contributed by atoms with Crippen LogP contribution in [0.1, 0.15) is 41.5 Å². The Morgan fingerprint density at radius 3 is 1.43 bits per heavy atom. The summed E-state index contributed by atoms with van der Waals surface area (Å²) < 4.78 is 7.70. The fourth-order valence-electron chi connectivity index (χ4n) is 4.30. The molecule has 0 aromatic heterocycles.